The van der Waals surface area contributed by atoms with E-state index in [1.807, 2.05) is 24.3 Å². The molecule has 0 aromatic heterocycles. The van der Waals surface area contributed by atoms with Crippen molar-refractivity contribution in [3.05, 3.63) is 29.8 Å². The summed E-state index contributed by atoms with van der Waals surface area (Å²) in [4.78, 5) is 12.6. The molecular weight excluding hydrogens is 162 g/mol. The fraction of sp³-hybridized carbons (Fsp3) is 0.364. The van der Waals surface area contributed by atoms with E-state index in [1.165, 1.54) is 0 Å². The Balaban J connectivity index is 2.73. The maximum absolute atomic E-state index is 10.4. The summed E-state index contributed by atoms with van der Waals surface area (Å²) in [6.07, 6.45) is 2.00. The summed E-state index contributed by atoms with van der Waals surface area (Å²) in [6, 6.07) is 7.63. The number of hydrogen-bond acceptors (Lipinski definition) is 2. The van der Waals surface area contributed by atoms with Crippen LogP contribution in [-0.2, 0) is 0 Å². The van der Waals surface area contributed by atoms with Crippen LogP contribution in [0, 0.1) is 0 Å². The maximum Gasteiger partial charge on any atom is 0.150 e. The lowest BCUT2D eigenvalue weighted by Gasteiger charge is -2.17. The summed E-state index contributed by atoms with van der Waals surface area (Å²) in [5.41, 5.74) is 1.89. The average molecular weight is 177 g/mol. The zero-order valence-corrected chi connectivity index (χ0v) is 8.16. The van der Waals surface area contributed by atoms with Crippen LogP contribution in [-0.4, -0.2) is 19.9 Å². The van der Waals surface area contributed by atoms with E-state index in [0.29, 0.717) is 0 Å². The molecule has 2 heteroatoms. The quantitative estimate of drug-likeness (QED) is 0.658. The van der Waals surface area contributed by atoms with E-state index in [2.05, 4.69) is 18.9 Å². The van der Waals surface area contributed by atoms with Crippen molar-refractivity contribution in [1.29, 1.82) is 0 Å². The minimum Gasteiger partial charge on any atom is -0.375 e. The Morgan fingerprint density at radius 2 is 1.92 bits per heavy atom. The first-order chi connectivity index (χ1) is 6.27. The van der Waals surface area contributed by atoms with Crippen LogP contribution >= 0.6 is 0 Å². The lowest BCUT2D eigenvalue weighted by Crippen LogP contribution is -2.17. The summed E-state index contributed by atoms with van der Waals surface area (Å²) < 4.78 is 0. The Hall–Kier alpha value is -1.31. The fourth-order valence-corrected chi connectivity index (χ4v) is 1.27. The van der Waals surface area contributed by atoms with Gasteiger partial charge in [0.1, 0.15) is 6.29 Å². The van der Waals surface area contributed by atoms with Crippen LogP contribution in [0.4, 0.5) is 5.69 Å². The zero-order chi connectivity index (χ0) is 9.68. The molecule has 0 aliphatic heterocycles. The SMILES string of the molecule is CCCN(C)c1ccc(C=O)cc1. The van der Waals surface area contributed by atoms with E-state index in [4.69, 9.17) is 0 Å². The Morgan fingerprint density at radius 3 is 2.38 bits per heavy atom. The molecule has 0 bridgehead atoms. The molecule has 0 spiro atoms. The molecule has 1 aromatic carbocycles. The topological polar surface area (TPSA) is 20.3 Å². The number of carbonyl (C=O) groups is 1. The molecule has 70 valence electrons. The van der Waals surface area contributed by atoms with Crippen LogP contribution in [0.15, 0.2) is 24.3 Å². The van der Waals surface area contributed by atoms with Gasteiger partial charge in [-0.25, -0.2) is 0 Å². The Kier molecular flexibility index (Phi) is 3.50. The number of rotatable bonds is 4. The van der Waals surface area contributed by atoms with Crippen molar-refractivity contribution in [2.75, 3.05) is 18.5 Å². The third-order valence-corrected chi connectivity index (χ3v) is 2.03. The lowest BCUT2D eigenvalue weighted by molar-refractivity contribution is 0.112. The second kappa shape index (κ2) is 4.65. The molecule has 0 unspecified atom stereocenters. The highest BCUT2D eigenvalue weighted by molar-refractivity contribution is 5.75. The molecule has 1 rings (SSSR count). The van der Waals surface area contributed by atoms with Gasteiger partial charge < -0.3 is 4.90 Å². The molecule has 0 heterocycles. The van der Waals surface area contributed by atoms with Crippen molar-refractivity contribution in [2.24, 2.45) is 0 Å². The van der Waals surface area contributed by atoms with Gasteiger partial charge in [-0.3, -0.25) is 4.79 Å². The van der Waals surface area contributed by atoms with Gasteiger partial charge in [0.15, 0.2) is 0 Å². The minimum atomic E-state index is 0.730. The highest BCUT2D eigenvalue weighted by Crippen LogP contribution is 2.12. The van der Waals surface area contributed by atoms with E-state index in [9.17, 15) is 4.79 Å². The van der Waals surface area contributed by atoms with Gasteiger partial charge in [0.2, 0.25) is 0 Å². The van der Waals surface area contributed by atoms with Crippen molar-refractivity contribution in [3.8, 4) is 0 Å². The number of aldehydes is 1. The number of nitrogens with zero attached hydrogens (tertiary/aromatic N) is 1. The third-order valence-electron chi connectivity index (χ3n) is 2.03. The van der Waals surface area contributed by atoms with Crippen molar-refractivity contribution >= 4 is 12.0 Å². The van der Waals surface area contributed by atoms with Crippen LogP contribution in [0.1, 0.15) is 23.7 Å². The molecule has 13 heavy (non-hydrogen) atoms. The highest BCUT2D eigenvalue weighted by Gasteiger charge is 1.98. The Bertz CT molecular complexity index is 266. The third kappa shape index (κ3) is 2.58. The fourth-order valence-electron chi connectivity index (χ4n) is 1.27. The van der Waals surface area contributed by atoms with Crippen LogP contribution in [0.3, 0.4) is 0 Å². The zero-order valence-electron chi connectivity index (χ0n) is 8.16. The first-order valence-corrected chi connectivity index (χ1v) is 4.54. The van der Waals surface area contributed by atoms with E-state index in [0.717, 1.165) is 30.5 Å². The van der Waals surface area contributed by atoms with Crippen molar-refractivity contribution in [2.45, 2.75) is 13.3 Å². The van der Waals surface area contributed by atoms with Crippen molar-refractivity contribution in [3.63, 3.8) is 0 Å². The predicted octanol–water partition coefficient (Wildman–Crippen LogP) is 2.35. The largest absolute Gasteiger partial charge is 0.375 e. The molecule has 0 aliphatic rings. The van der Waals surface area contributed by atoms with Gasteiger partial charge in [-0.1, -0.05) is 6.92 Å². The average Bonchev–Trinajstić information content (AvgIpc) is 2.18. The van der Waals surface area contributed by atoms with Gasteiger partial charge in [-0.2, -0.15) is 0 Å². The van der Waals surface area contributed by atoms with Crippen LogP contribution < -0.4 is 4.90 Å². The van der Waals surface area contributed by atoms with Crippen LogP contribution in [0.2, 0.25) is 0 Å². The Labute approximate surface area is 79.2 Å². The van der Waals surface area contributed by atoms with Gasteiger partial charge in [0, 0.05) is 24.8 Å². The van der Waals surface area contributed by atoms with Gasteiger partial charge in [0.25, 0.3) is 0 Å². The predicted molar refractivity (Wildman–Crippen MR) is 55.4 cm³/mol. The van der Waals surface area contributed by atoms with E-state index in [1.54, 1.807) is 0 Å². The smallest absolute Gasteiger partial charge is 0.150 e. The second-order valence-corrected chi connectivity index (χ2v) is 3.13. The summed E-state index contributed by atoms with van der Waals surface area (Å²) >= 11 is 0. The maximum atomic E-state index is 10.4. The highest BCUT2D eigenvalue weighted by atomic mass is 16.1. The molecule has 0 saturated heterocycles. The van der Waals surface area contributed by atoms with Crippen molar-refractivity contribution in [1.82, 2.24) is 0 Å². The number of carbonyl (C=O) groups excluding carboxylic acids is 1. The summed E-state index contributed by atoms with van der Waals surface area (Å²) in [5, 5.41) is 0. The first kappa shape index (κ1) is 9.78. The van der Waals surface area contributed by atoms with Gasteiger partial charge in [-0.15, -0.1) is 0 Å². The van der Waals surface area contributed by atoms with Gasteiger partial charge in [0.05, 0.1) is 0 Å². The summed E-state index contributed by atoms with van der Waals surface area (Å²) in [7, 11) is 2.05. The molecule has 0 aliphatic carbocycles. The molecule has 0 N–H and O–H groups in total. The first-order valence-electron chi connectivity index (χ1n) is 4.54. The number of hydrogen-bond donors (Lipinski definition) is 0. The van der Waals surface area contributed by atoms with Crippen LogP contribution in [0.25, 0.3) is 0 Å². The normalized spacial score (nSPS) is 9.69. The lowest BCUT2D eigenvalue weighted by atomic mass is 10.2. The van der Waals surface area contributed by atoms with Crippen molar-refractivity contribution < 1.29 is 4.79 Å². The molecule has 1 aromatic rings. The summed E-state index contributed by atoms with van der Waals surface area (Å²) in [6.45, 7) is 3.19. The molecule has 0 atom stereocenters. The van der Waals surface area contributed by atoms with E-state index in [-0.39, 0.29) is 0 Å². The standard InChI is InChI=1S/C11H15NO/c1-3-8-12(2)11-6-4-10(9-13)5-7-11/h4-7,9H,3,8H2,1-2H3. The van der Waals surface area contributed by atoms with Crippen LogP contribution in [0.5, 0.6) is 0 Å². The molecule has 0 saturated carbocycles. The van der Waals surface area contributed by atoms with E-state index >= 15 is 0 Å². The Morgan fingerprint density at radius 1 is 1.31 bits per heavy atom. The van der Waals surface area contributed by atoms with Gasteiger partial charge in [-0.05, 0) is 30.7 Å². The second-order valence-electron chi connectivity index (χ2n) is 3.13. The number of benzene rings is 1. The molecule has 2 nitrogen and oxygen atoms in total. The monoisotopic (exact) mass is 177 g/mol. The summed E-state index contributed by atoms with van der Waals surface area (Å²) in [5.74, 6) is 0. The minimum absolute atomic E-state index is 0.730. The number of anilines is 1. The van der Waals surface area contributed by atoms with E-state index < -0.39 is 0 Å². The molecule has 0 amide bonds. The van der Waals surface area contributed by atoms with Gasteiger partial charge >= 0.3 is 0 Å². The molecule has 0 radical (unpaired) electrons. The molecular formula is C11H15NO. The molecule has 0 fully saturated rings.